The summed E-state index contributed by atoms with van der Waals surface area (Å²) in [4.78, 5) is 87.4. The van der Waals surface area contributed by atoms with E-state index in [1.807, 2.05) is 135 Å². The van der Waals surface area contributed by atoms with Gasteiger partial charge < -0.3 is 54.2 Å². The average Bonchev–Trinajstić information content (AvgIpc) is 1.09. The first kappa shape index (κ1) is 87.7. The number of para-hydroxylation sites is 1. The highest BCUT2D eigenvalue weighted by molar-refractivity contribution is 9.11. The van der Waals surface area contributed by atoms with Crippen molar-refractivity contribution in [1.29, 1.82) is 5.26 Å². The summed E-state index contributed by atoms with van der Waals surface area (Å²) in [6, 6.07) is 58.4. The lowest BCUT2D eigenvalue weighted by atomic mass is 9.94. The first-order chi connectivity index (χ1) is 56.9. The number of halogens is 4. The summed E-state index contributed by atoms with van der Waals surface area (Å²) in [5, 5.41) is 54.2. The number of nitrogens with one attached hydrogen (secondary N) is 6. The monoisotopic (exact) mass is 1820 g/mol. The van der Waals surface area contributed by atoms with E-state index in [0.717, 1.165) is 91.4 Å². The fourth-order valence-corrected chi connectivity index (χ4v) is 13.8. The molecule has 7 aromatic carbocycles. The van der Waals surface area contributed by atoms with Crippen LogP contribution in [0.25, 0.3) is 17.4 Å². The van der Waals surface area contributed by atoms with Crippen molar-refractivity contribution in [2.45, 2.75) is 71.4 Å². The lowest BCUT2D eigenvalue weighted by Gasteiger charge is -2.27. The maximum absolute atomic E-state index is 12.9. The molecule has 8 N–H and O–H groups in total. The molecule has 0 saturated heterocycles. The normalized spacial score (nSPS) is 12.6. The molecule has 26 nitrogen and oxygen atoms in total. The third-order valence-electron chi connectivity index (χ3n) is 17.7. The number of ether oxygens (including phenoxy) is 2. The van der Waals surface area contributed by atoms with Crippen LogP contribution in [0, 0.1) is 25.2 Å². The van der Waals surface area contributed by atoms with Gasteiger partial charge in [0.2, 0.25) is 11.8 Å². The number of imide groups is 1. The van der Waals surface area contributed by atoms with E-state index in [2.05, 4.69) is 99.9 Å². The minimum atomic E-state index is -0.665. The maximum Gasteiger partial charge on any atom is 0.337 e. The van der Waals surface area contributed by atoms with E-state index in [1.165, 1.54) is 43.7 Å². The minimum Gasteiger partial charge on any atom is -0.506 e. The smallest absolute Gasteiger partial charge is 0.337 e. The van der Waals surface area contributed by atoms with E-state index in [-0.39, 0.29) is 84.3 Å². The second kappa shape index (κ2) is 42.8. The molecule has 6 amide bonds. The van der Waals surface area contributed by atoms with Crippen LogP contribution >= 0.6 is 71.2 Å². The molecular weight excluding hydrogens is 1740 g/mol. The van der Waals surface area contributed by atoms with Gasteiger partial charge in [-0.2, -0.15) is 20.6 Å². The number of nitriles is 1. The molecule has 31 heteroatoms. The number of fused-ring (bicyclic) bond motifs is 1. The Morgan fingerprint density at radius 1 is 0.712 bits per heavy atom. The van der Waals surface area contributed by atoms with E-state index >= 15 is 0 Å². The fraction of sp³-hybridized carbons (Fsp3) is 0.161. The lowest BCUT2D eigenvalue weighted by molar-refractivity contribution is -0.140. The molecule has 0 aliphatic carbocycles. The molecule has 0 atom stereocenters. The quantitative estimate of drug-likeness (QED) is 0.00866. The van der Waals surface area contributed by atoms with Crippen LogP contribution in [0.15, 0.2) is 270 Å². The number of hydrazone groups is 2. The Labute approximate surface area is 713 Å². The highest BCUT2D eigenvalue weighted by Crippen LogP contribution is 2.40. The number of nitrogens with zero attached hydrogens (tertiary/aromatic N) is 6. The molecule has 0 spiro atoms. The number of esters is 1. The van der Waals surface area contributed by atoms with Crippen LogP contribution in [0.3, 0.4) is 0 Å². The number of benzene rings is 7. The summed E-state index contributed by atoms with van der Waals surface area (Å²) in [5.74, 6) is -0.144. The third-order valence-corrected chi connectivity index (χ3v) is 21.6. The van der Waals surface area contributed by atoms with Crippen LogP contribution in [0.1, 0.15) is 105 Å². The highest BCUT2D eigenvalue weighted by atomic mass is 79.9. The molecule has 13 rings (SSSR count). The molecule has 2 aliphatic rings. The first-order valence-corrected chi connectivity index (χ1v) is 39.8. The number of rotatable bonds is 25. The zero-order valence-corrected chi connectivity index (χ0v) is 70.7. The Bertz CT molecular complexity index is 5660. The zero-order chi connectivity index (χ0) is 84.4. The third kappa shape index (κ3) is 24.2. The Morgan fingerprint density at radius 2 is 1.41 bits per heavy atom. The fourth-order valence-electron chi connectivity index (χ4n) is 11.6. The van der Waals surface area contributed by atoms with Gasteiger partial charge in [0.05, 0.1) is 82.2 Å². The largest absolute Gasteiger partial charge is 0.506 e. The number of aromatic hydroxyl groups is 1. The van der Waals surface area contributed by atoms with Crippen molar-refractivity contribution in [2.75, 3.05) is 48.6 Å². The number of aryl methyl sites for hydroxylation is 1. The Hall–Kier alpha value is -12.6. The summed E-state index contributed by atoms with van der Waals surface area (Å²) < 4.78 is 30.6. The number of phenolic OH excluding ortho intramolecular Hbond substituents is 1. The van der Waals surface area contributed by atoms with Crippen LogP contribution in [0.4, 0.5) is 22.7 Å². The molecule has 118 heavy (non-hydrogen) atoms. The molecule has 6 heterocycles. The van der Waals surface area contributed by atoms with E-state index < -0.39 is 17.8 Å². The Morgan fingerprint density at radius 3 is 2.09 bits per heavy atom. The number of phenols is 1. The predicted octanol–water partition coefficient (Wildman–Crippen LogP) is 17.7. The van der Waals surface area contributed by atoms with E-state index in [4.69, 9.17) is 34.7 Å². The van der Waals surface area contributed by atoms with Crippen molar-refractivity contribution in [1.82, 2.24) is 25.5 Å². The highest BCUT2D eigenvalue weighted by Gasteiger charge is 2.35. The number of hydrogen-bond donors (Lipinski definition) is 8. The average molecular weight is 1820 g/mol. The number of carbonyl (C=O) groups excluding carboxylic acids is 7. The number of aromatic nitrogens is 2. The van der Waals surface area contributed by atoms with Gasteiger partial charge in [-0.3, -0.25) is 38.3 Å². The van der Waals surface area contributed by atoms with Crippen LogP contribution in [-0.2, 0) is 48.2 Å². The van der Waals surface area contributed by atoms with Crippen molar-refractivity contribution < 1.29 is 66.5 Å². The van der Waals surface area contributed by atoms with Crippen LogP contribution in [0.2, 0.25) is 5.02 Å². The topological polar surface area (TPSA) is 360 Å². The molecule has 0 saturated carbocycles. The van der Waals surface area contributed by atoms with Gasteiger partial charge in [0, 0.05) is 92.0 Å². The summed E-state index contributed by atoms with van der Waals surface area (Å²) in [5.41, 5.74) is 17.0. The molecule has 2 aliphatic heterocycles. The molecule has 0 fully saturated rings. The van der Waals surface area contributed by atoms with Gasteiger partial charge in [-0.05, 0) is 246 Å². The van der Waals surface area contributed by atoms with Gasteiger partial charge in [-0.25, -0.2) is 15.6 Å². The number of amides is 6. The summed E-state index contributed by atoms with van der Waals surface area (Å²) in [6.45, 7) is 8.23. The number of hydrogen-bond acceptors (Lipinski definition) is 21. The number of aliphatic hydroxyl groups excluding tert-OH is 1. The van der Waals surface area contributed by atoms with Gasteiger partial charge in [0.25, 0.3) is 23.6 Å². The van der Waals surface area contributed by atoms with Crippen molar-refractivity contribution in [3.8, 4) is 28.9 Å². The molecule has 11 aromatic rings. The number of carbonyl (C=O) groups is 7. The summed E-state index contributed by atoms with van der Waals surface area (Å²) in [6.07, 6.45) is 8.48. The van der Waals surface area contributed by atoms with Gasteiger partial charge in [0.1, 0.15) is 40.4 Å². The molecule has 604 valence electrons. The molecular formula is C87H78Br3ClN12O14S. The van der Waals surface area contributed by atoms with Crippen molar-refractivity contribution in [3.05, 3.63) is 308 Å². The number of methoxy groups -OCH3 is 2. The second-order valence-electron chi connectivity index (χ2n) is 25.9. The molecule has 0 unspecified atom stereocenters. The maximum atomic E-state index is 12.9. The predicted molar refractivity (Wildman–Crippen MR) is 463 cm³/mol. The standard InChI is InChI=1S/C25H20BrClN2O3.C24H24BrN5O2S.C23H20N2O6.C15H14BrN3O3/c26-21-14-16(12-17-4-1-2-5-22(17)27)13-18(24(21)30)15-28-19-7-9-20(10-8-19)29-25(31)23-6-3-11-32-23;1-14-22(25)16(3)30(29-14)13-18-11-17(9-10-20(18)32-4)12-26-28-24(31)23-15(2)27-19-7-5-6-8-21(19)33-23;1-14-18(21(27)25(10-3-11-26)22(28)19(14)13-24)12-17-8-9-20(31-17)15-4-6-16(7-5-15)23(29)30-2;16-11-3-5-12(6-4-11)18-14(20)7-8-15(21)19-17-10-13-2-1-9-22-13/h1-11,13-14,28,30H,12,15H2,(H,29,31);5-12,27H,13H2,1-4H3,(H,28,31);4-9,12,26H,3,10-11H2,1-2H3;1-6,9-10H,7-8H2,(H,18,20)(H,19,21)/b;26-12+;18-12-;17-10+. The number of allylic oxidation sites excluding steroid dienone is 1. The van der Waals surface area contributed by atoms with Crippen LogP contribution in [-0.4, -0.2) is 106 Å². The van der Waals surface area contributed by atoms with E-state index in [1.54, 1.807) is 105 Å². The molecule has 0 radical (unpaired) electrons. The first-order valence-electron chi connectivity index (χ1n) is 36.3. The Kier molecular flexibility index (Phi) is 31.8. The lowest BCUT2D eigenvalue weighted by Crippen LogP contribution is -2.43. The van der Waals surface area contributed by atoms with Crippen LogP contribution < -0.4 is 36.9 Å². The number of anilines is 4. The van der Waals surface area contributed by atoms with Crippen molar-refractivity contribution >= 4 is 154 Å². The van der Waals surface area contributed by atoms with Crippen molar-refractivity contribution in [2.24, 2.45) is 10.2 Å². The second-order valence-corrected chi connectivity index (χ2v) is 30.0. The number of furan rings is 3. The van der Waals surface area contributed by atoms with Gasteiger partial charge in [0.15, 0.2) is 5.76 Å². The van der Waals surface area contributed by atoms with Crippen LogP contribution in [0.5, 0.6) is 11.5 Å². The summed E-state index contributed by atoms with van der Waals surface area (Å²) >= 11 is 18.1. The van der Waals surface area contributed by atoms with Gasteiger partial charge >= 0.3 is 5.97 Å². The number of thioether (sulfide) groups is 1. The zero-order valence-electron chi connectivity index (χ0n) is 64.3. The van der Waals surface area contributed by atoms with E-state index in [0.29, 0.717) is 63.1 Å². The van der Waals surface area contributed by atoms with Gasteiger partial charge in [-0.1, -0.05) is 81.8 Å². The SMILES string of the molecule is COC(=O)c1ccc(-c2ccc(/C=C3\C(=O)N(CCCO)C(=O)C(C#N)=C3C)o2)cc1.COc1ccc(/C=N/NC(=O)C2=C(C)Nc3ccccc3S2)cc1Cn1nc(C)c(Br)c1C.O=C(CCC(=O)Nc1ccc(Br)cc1)N/N=C/c1ccco1.O=C(Nc1ccc(NCc2cc(Cc3ccccc3Cl)cc(Br)c2O)cc1)c1ccco1. The van der Waals surface area contributed by atoms with Gasteiger partial charge in [-0.15, -0.1) is 0 Å². The minimum absolute atomic E-state index is 0.0138. The molecule has 0 bridgehead atoms. The Balaban J connectivity index is 0.000000167. The molecule has 4 aromatic heterocycles. The number of aliphatic hydroxyl groups is 1. The van der Waals surface area contributed by atoms with E-state index in [9.17, 15) is 43.9 Å². The van der Waals surface area contributed by atoms with Crippen molar-refractivity contribution in [3.63, 3.8) is 0 Å². The summed E-state index contributed by atoms with van der Waals surface area (Å²) in [7, 11) is 2.95.